The minimum absolute atomic E-state index is 0.00958. The van der Waals surface area contributed by atoms with E-state index in [-0.39, 0.29) is 11.6 Å². The van der Waals surface area contributed by atoms with Crippen molar-refractivity contribution >= 4 is 22.6 Å². The van der Waals surface area contributed by atoms with Crippen LogP contribution in [0, 0.1) is 17.8 Å². The number of nitrogens with zero attached hydrogens (tertiary/aromatic N) is 2. The second kappa shape index (κ2) is 7.28. The van der Waals surface area contributed by atoms with E-state index in [0.29, 0.717) is 29.0 Å². The van der Waals surface area contributed by atoms with Crippen LogP contribution in [-0.2, 0) is 9.53 Å². The Morgan fingerprint density at radius 3 is 2.52 bits per heavy atom. The van der Waals surface area contributed by atoms with Gasteiger partial charge in [0.1, 0.15) is 5.60 Å². The van der Waals surface area contributed by atoms with Gasteiger partial charge in [0.05, 0.1) is 5.39 Å². The van der Waals surface area contributed by atoms with Crippen LogP contribution in [0.4, 0.5) is 0 Å². The third-order valence-electron chi connectivity index (χ3n) is 5.96. The van der Waals surface area contributed by atoms with E-state index in [9.17, 15) is 14.4 Å². The number of rotatable bonds is 4. The van der Waals surface area contributed by atoms with Crippen molar-refractivity contribution in [1.29, 1.82) is 0 Å². The fourth-order valence-corrected chi connectivity index (χ4v) is 4.77. The second-order valence-corrected chi connectivity index (χ2v) is 9.29. The molecular weight excluding hydrogens is 370 g/mol. The maximum atomic E-state index is 12.8. The summed E-state index contributed by atoms with van der Waals surface area (Å²) in [6, 6.07) is 6.72. The molecule has 7 heteroatoms. The molecule has 7 nitrogen and oxygen atoms in total. The molecule has 1 N–H and O–H groups in total. The molecule has 154 valence electrons. The molecule has 2 saturated carbocycles. The van der Waals surface area contributed by atoms with Crippen LogP contribution in [-0.4, -0.2) is 27.4 Å². The van der Waals surface area contributed by atoms with Crippen LogP contribution in [0.15, 0.2) is 29.1 Å². The van der Waals surface area contributed by atoms with Gasteiger partial charge in [-0.2, -0.15) is 0 Å². The maximum absolute atomic E-state index is 12.8. The summed E-state index contributed by atoms with van der Waals surface area (Å²) in [4.78, 5) is 39.0. The highest BCUT2D eigenvalue weighted by atomic mass is 16.6. The van der Waals surface area contributed by atoms with Crippen molar-refractivity contribution in [3.63, 3.8) is 0 Å². The highest BCUT2D eigenvalue weighted by Crippen LogP contribution is 2.49. The number of amides is 1. The minimum atomic E-state index is -0.703. The molecule has 0 spiro atoms. The third-order valence-corrected chi connectivity index (χ3v) is 5.96. The molecule has 1 amide bonds. The smallest absolute Gasteiger partial charge is 0.360 e. The van der Waals surface area contributed by atoms with E-state index in [0.717, 1.165) is 17.1 Å². The number of esters is 1. The van der Waals surface area contributed by atoms with Gasteiger partial charge in [-0.25, -0.2) is 10.2 Å². The van der Waals surface area contributed by atoms with Gasteiger partial charge in [-0.05, 0) is 63.9 Å². The number of fused-ring (bicyclic) bond motifs is 3. The number of ether oxygens (including phenoxy) is 1. The normalized spacial score (nSPS) is 23.3. The fourth-order valence-electron chi connectivity index (χ4n) is 4.77. The highest BCUT2D eigenvalue weighted by Gasteiger charge is 2.40. The SMILES string of the molecule is CC(C)(C)OC(=O)c1nn(NC(=O)CC2CC3CCC2C3)c(=O)c2ccccc12. The first kappa shape index (κ1) is 19.6. The predicted octanol–water partition coefficient (Wildman–Crippen LogP) is 3.25. The van der Waals surface area contributed by atoms with Gasteiger partial charge >= 0.3 is 5.97 Å². The third kappa shape index (κ3) is 4.04. The van der Waals surface area contributed by atoms with Gasteiger partial charge in [-0.3, -0.25) is 9.59 Å². The molecule has 1 aromatic carbocycles. The summed E-state index contributed by atoms with van der Waals surface area (Å²) in [5.74, 6) is 0.852. The predicted molar refractivity (Wildman–Crippen MR) is 109 cm³/mol. The molecule has 2 bridgehead atoms. The average molecular weight is 397 g/mol. The highest BCUT2D eigenvalue weighted by molar-refractivity contribution is 6.02. The Balaban J connectivity index is 1.62. The van der Waals surface area contributed by atoms with Crippen LogP contribution in [0.25, 0.3) is 10.8 Å². The van der Waals surface area contributed by atoms with E-state index in [1.807, 2.05) is 0 Å². The monoisotopic (exact) mass is 397 g/mol. The van der Waals surface area contributed by atoms with Crippen molar-refractivity contribution in [2.24, 2.45) is 17.8 Å². The van der Waals surface area contributed by atoms with E-state index in [1.165, 1.54) is 19.3 Å². The zero-order chi connectivity index (χ0) is 20.8. The molecule has 3 unspecified atom stereocenters. The lowest BCUT2D eigenvalue weighted by Gasteiger charge is -2.21. The second-order valence-electron chi connectivity index (χ2n) is 9.29. The quantitative estimate of drug-likeness (QED) is 0.800. The molecule has 1 heterocycles. The molecule has 2 aromatic rings. The van der Waals surface area contributed by atoms with E-state index >= 15 is 0 Å². The molecule has 2 aliphatic rings. The van der Waals surface area contributed by atoms with Crippen molar-refractivity contribution in [2.75, 3.05) is 5.43 Å². The molecule has 1 aromatic heterocycles. The van der Waals surface area contributed by atoms with Gasteiger partial charge in [0.25, 0.3) is 5.56 Å². The van der Waals surface area contributed by atoms with Crippen LogP contribution >= 0.6 is 0 Å². The number of aromatic nitrogens is 2. The van der Waals surface area contributed by atoms with Crippen molar-refractivity contribution in [2.45, 2.75) is 58.5 Å². The number of nitrogens with one attached hydrogen (secondary N) is 1. The van der Waals surface area contributed by atoms with E-state index in [4.69, 9.17) is 4.74 Å². The van der Waals surface area contributed by atoms with E-state index in [2.05, 4.69) is 10.5 Å². The lowest BCUT2D eigenvalue weighted by molar-refractivity contribution is -0.118. The van der Waals surface area contributed by atoms with Gasteiger partial charge in [0, 0.05) is 11.8 Å². The van der Waals surface area contributed by atoms with Crippen LogP contribution in [0.3, 0.4) is 0 Å². The molecule has 0 saturated heterocycles. The molecule has 29 heavy (non-hydrogen) atoms. The van der Waals surface area contributed by atoms with Crippen LogP contribution in [0.5, 0.6) is 0 Å². The van der Waals surface area contributed by atoms with Crippen molar-refractivity contribution in [3.8, 4) is 0 Å². The Labute approximate surface area is 169 Å². The lowest BCUT2D eigenvalue weighted by atomic mass is 9.86. The molecule has 0 aliphatic heterocycles. The summed E-state index contributed by atoms with van der Waals surface area (Å²) >= 11 is 0. The number of carbonyl (C=O) groups excluding carboxylic acids is 2. The maximum Gasteiger partial charge on any atom is 0.360 e. The number of hydrogen-bond donors (Lipinski definition) is 1. The molecule has 2 fully saturated rings. The van der Waals surface area contributed by atoms with Crippen LogP contribution in [0.2, 0.25) is 0 Å². The van der Waals surface area contributed by atoms with Crippen LogP contribution in [0.1, 0.15) is 63.4 Å². The molecule has 2 aliphatic carbocycles. The standard InChI is InChI=1S/C22H27N3O4/c1-22(2,3)29-21(28)19-16-6-4-5-7-17(16)20(27)25(24-19)23-18(26)12-15-11-13-8-9-14(15)10-13/h4-7,13-15H,8-12H2,1-3H3,(H,23,26). The first-order valence-electron chi connectivity index (χ1n) is 10.3. The summed E-state index contributed by atoms with van der Waals surface area (Å²) in [5.41, 5.74) is 1.44. The number of benzene rings is 1. The Morgan fingerprint density at radius 1 is 1.17 bits per heavy atom. The molecule has 0 radical (unpaired) electrons. The van der Waals surface area contributed by atoms with E-state index < -0.39 is 17.1 Å². The van der Waals surface area contributed by atoms with Gasteiger partial charge in [0.2, 0.25) is 5.91 Å². The first-order valence-corrected chi connectivity index (χ1v) is 10.3. The van der Waals surface area contributed by atoms with Crippen molar-refractivity contribution < 1.29 is 14.3 Å². The Hall–Kier alpha value is -2.70. The van der Waals surface area contributed by atoms with Gasteiger partial charge in [0.15, 0.2) is 5.69 Å². The topological polar surface area (TPSA) is 90.3 Å². The number of hydrogen-bond acceptors (Lipinski definition) is 5. The summed E-state index contributed by atoms with van der Waals surface area (Å²) in [5, 5.41) is 4.86. The first-order chi connectivity index (χ1) is 13.7. The average Bonchev–Trinajstić information content (AvgIpc) is 3.25. The largest absolute Gasteiger partial charge is 0.455 e. The number of carbonyl (C=O) groups is 2. The summed E-state index contributed by atoms with van der Waals surface area (Å²) in [6.45, 7) is 5.29. The molecule has 3 atom stereocenters. The lowest BCUT2D eigenvalue weighted by Crippen LogP contribution is -2.38. The van der Waals surface area contributed by atoms with Gasteiger partial charge < -0.3 is 4.74 Å². The van der Waals surface area contributed by atoms with Crippen molar-refractivity contribution in [3.05, 3.63) is 40.3 Å². The summed E-state index contributed by atoms with van der Waals surface area (Å²) < 4.78 is 5.44. The van der Waals surface area contributed by atoms with Crippen LogP contribution < -0.4 is 11.0 Å². The summed E-state index contributed by atoms with van der Waals surface area (Å²) in [7, 11) is 0. The van der Waals surface area contributed by atoms with Crippen molar-refractivity contribution in [1.82, 2.24) is 9.89 Å². The fraction of sp³-hybridized carbons (Fsp3) is 0.545. The zero-order valence-corrected chi connectivity index (χ0v) is 17.1. The molecular formula is C22H27N3O4. The molecule has 4 rings (SSSR count). The van der Waals surface area contributed by atoms with E-state index in [1.54, 1.807) is 45.0 Å². The van der Waals surface area contributed by atoms with Gasteiger partial charge in [-0.15, -0.1) is 9.89 Å². The zero-order valence-electron chi connectivity index (χ0n) is 17.1. The Kier molecular flexibility index (Phi) is 4.92. The Morgan fingerprint density at radius 2 is 1.90 bits per heavy atom. The minimum Gasteiger partial charge on any atom is -0.455 e. The van der Waals surface area contributed by atoms with Gasteiger partial charge in [-0.1, -0.05) is 24.6 Å². The Bertz CT molecular complexity index is 1020. The summed E-state index contributed by atoms with van der Waals surface area (Å²) in [6.07, 6.45) is 5.15.